The van der Waals surface area contributed by atoms with E-state index in [9.17, 15) is 4.79 Å². The van der Waals surface area contributed by atoms with Gasteiger partial charge in [0.1, 0.15) is 5.69 Å². The number of carbonyl (C=O) groups is 1. The van der Waals surface area contributed by atoms with Gasteiger partial charge in [-0.25, -0.2) is 0 Å². The number of amides is 1. The minimum absolute atomic E-state index is 0.0865. The van der Waals surface area contributed by atoms with Gasteiger partial charge >= 0.3 is 0 Å². The molecule has 0 saturated heterocycles. The molecule has 0 unspecified atom stereocenters. The fraction of sp³-hybridized carbons (Fsp3) is 0.238. The van der Waals surface area contributed by atoms with Crippen LogP contribution in [0.25, 0.3) is 11.3 Å². The molecule has 1 amide bonds. The van der Waals surface area contributed by atoms with Crippen LogP contribution in [0.4, 0.5) is 5.69 Å². The first-order chi connectivity index (χ1) is 14.6. The van der Waals surface area contributed by atoms with Gasteiger partial charge in [0.25, 0.3) is 0 Å². The lowest BCUT2D eigenvalue weighted by molar-refractivity contribution is -0.116. The van der Waals surface area contributed by atoms with Gasteiger partial charge in [0.15, 0.2) is 11.5 Å². The van der Waals surface area contributed by atoms with Crippen molar-refractivity contribution in [2.45, 2.75) is 12.3 Å². The maximum absolute atomic E-state index is 12.6. The number of nitrogens with zero attached hydrogens (tertiary/aromatic N) is 1. The van der Waals surface area contributed by atoms with E-state index in [4.69, 9.17) is 30.5 Å². The third-order valence-corrected chi connectivity index (χ3v) is 6.41. The van der Waals surface area contributed by atoms with Crippen molar-refractivity contribution >= 4 is 34.7 Å². The topological polar surface area (TPSA) is 78.9 Å². The van der Waals surface area contributed by atoms with Gasteiger partial charge in [-0.3, -0.25) is 4.79 Å². The summed E-state index contributed by atoms with van der Waals surface area (Å²) < 4.78 is 27.0. The number of ether oxygens (including phenoxy) is 4. The van der Waals surface area contributed by atoms with Gasteiger partial charge in [0.2, 0.25) is 24.2 Å². The van der Waals surface area contributed by atoms with E-state index in [1.54, 1.807) is 26.4 Å². The number of methoxy groups -OCH3 is 2. The van der Waals surface area contributed by atoms with Crippen LogP contribution in [0.2, 0.25) is 5.02 Å². The molecule has 7 nitrogen and oxygen atoms in total. The second kappa shape index (κ2) is 7.37. The second-order valence-corrected chi connectivity index (χ2v) is 8.09. The normalized spacial score (nSPS) is 16.8. The maximum Gasteiger partial charge on any atom is 0.231 e. The zero-order valence-electron chi connectivity index (χ0n) is 16.2. The van der Waals surface area contributed by atoms with Crippen molar-refractivity contribution in [2.75, 3.05) is 26.3 Å². The highest BCUT2D eigenvalue weighted by atomic mass is 35.5. The SMILES string of the molecule is COc1cc([C@H]2CC(=O)Nc3c(-c4ccc(Cl)cc4)nsc32)c(OC)c2c1OCO2. The molecule has 0 fully saturated rings. The van der Waals surface area contributed by atoms with Gasteiger partial charge in [-0.1, -0.05) is 23.7 Å². The lowest BCUT2D eigenvalue weighted by atomic mass is 9.88. The summed E-state index contributed by atoms with van der Waals surface area (Å²) in [6, 6.07) is 9.23. The van der Waals surface area contributed by atoms with Gasteiger partial charge in [-0.15, -0.1) is 0 Å². The van der Waals surface area contributed by atoms with Crippen LogP contribution in [0, 0.1) is 0 Å². The van der Waals surface area contributed by atoms with Crippen LogP contribution in [0.5, 0.6) is 23.0 Å². The van der Waals surface area contributed by atoms with Crippen molar-refractivity contribution in [3.05, 3.63) is 45.8 Å². The maximum atomic E-state index is 12.6. The molecule has 2 aliphatic heterocycles. The number of carbonyl (C=O) groups excluding carboxylic acids is 1. The summed E-state index contributed by atoms with van der Waals surface area (Å²) in [7, 11) is 3.14. The predicted octanol–water partition coefficient (Wildman–Crippen LogP) is 4.68. The Morgan fingerprint density at radius 3 is 2.67 bits per heavy atom. The van der Waals surface area contributed by atoms with Crippen molar-refractivity contribution in [3.8, 4) is 34.3 Å². The summed E-state index contributed by atoms with van der Waals surface area (Å²) in [6.07, 6.45) is 0.258. The van der Waals surface area contributed by atoms with Crippen LogP contribution in [-0.2, 0) is 4.79 Å². The van der Waals surface area contributed by atoms with E-state index in [2.05, 4.69) is 9.69 Å². The first kappa shape index (κ1) is 19.0. The average Bonchev–Trinajstić information content (AvgIpc) is 3.40. The third-order valence-electron chi connectivity index (χ3n) is 5.20. The van der Waals surface area contributed by atoms with E-state index < -0.39 is 0 Å². The number of hydrogen-bond donors (Lipinski definition) is 1. The first-order valence-corrected chi connectivity index (χ1v) is 10.4. The van der Waals surface area contributed by atoms with Crippen LogP contribution in [0.15, 0.2) is 30.3 Å². The van der Waals surface area contributed by atoms with Gasteiger partial charge < -0.3 is 24.3 Å². The van der Waals surface area contributed by atoms with Crippen molar-refractivity contribution in [3.63, 3.8) is 0 Å². The summed E-state index contributed by atoms with van der Waals surface area (Å²) in [6.45, 7) is 0.0865. The van der Waals surface area contributed by atoms with Crippen molar-refractivity contribution in [1.29, 1.82) is 0 Å². The van der Waals surface area contributed by atoms with Crippen molar-refractivity contribution in [1.82, 2.24) is 4.37 Å². The summed E-state index contributed by atoms with van der Waals surface area (Å²) in [4.78, 5) is 13.6. The summed E-state index contributed by atoms with van der Waals surface area (Å²) >= 11 is 7.37. The molecule has 154 valence electrons. The Labute approximate surface area is 181 Å². The molecule has 3 aromatic rings. The molecule has 1 aromatic heterocycles. The highest BCUT2D eigenvalue weighted by Gasteiger charge is 2.37. The lowest BCUT2D eigenvalue weighted by Crippen LogP contribution is -2.23. The molecule has 3 heterocycles. The van der Waals surface area contributed by atoms with Crippen LogP contribution in [0.3, 0.4) is 0 Å². The molecule has 2 aliphatic rings. The van der Waals surface area contributed by atoms with E-state index in [-0.39, 0.29) is 25.0 Å². The number of benzene rings is 2. The largest absolute Gasteiger partial charge is 0.493 e. The van der Waals surface area contributed by atoms with Gasteiger partial charge in [0, 0.05) is 28.5 Å². The van der Waals surface area contributed by atoms with E-state index >= 15 is 0 Å². The van der Waals surface area contributed by atoms with Crippen molar-refractivity contribution < 1.29 is 23.7 Å². The number of halogens is 1. The monoisotopic (exact) mass is 444 g/mol. The van der Waals surface area contributed by atoms with Crippen LogP contribution < -0.4 is 24.3 Å². The molecule has 0 bridgehead atoms. The van der Waals surface area contributed by atoms with Crippen LogP contribution in [-0.4, -0.2) is 31.3 Å². The summed E-state index contributed by atoms with van der Waals surface area (Å²) in [5.41, 5.74) is 3.10. The number of nitrogens with one attached hydrogen (secondary N) is 1. The third kappa shape index (κ3) is 2.95. The zero-order valence-corrected chi connectivity index (χ0v) is 17.7. The fourth-order valence-corrected chi connectivity index (χ4v) is 4.93. The molecule has 0 spiro atoms. The molecule has 30 heavy (non-hydrogen) atoms. The number of fused-ring (bicyclic) bond motifs is 2. The Morgan fingerprint density at radius 1 is 1.17 bits per heavy atom. The van der Waals surface area contributed by atoms with Gasteiger partial charge in [-0.2, -0.15) is 4.37 Å². The fourth-order valence-electron chi connectivity index (χ4n) is 3.84. The highest BCUT2D eigenvalue weighted by Crippen LogP contribution is 2.55. The molecule has 1 atom stereocenters. The molecular formula is C21H17ClN2O5S. The number of aromatic nitrogens is 1. The van der Waals surface area contributed by atoms with Gasteiger partial charge in [0.05, 0.1) is 24.8 Å². The van der Waals surface area contributed by atoms with E-state index in [1.807, 2.05) is 18.2 Å². The summed E-state index contributed by atoms with van der Waals surface area (Å²) in [5, 5.41) is 3.63. The van der Waals surface area contributed by atoms with E-state index in [1.165, 1.54) is 11.5 Å². The quantitative estimate of drug-likeness (QED) is 0.629. The average molecular weight is 445 g/mol. The Balaban J connectivity index is 1.66. The Morgan fingerprint density at radius 2 is 1.93 bits per heavy atom. The van der Waals surface area contributed by atoms with Crippen LogP contribution >= 0.6 is 23.1 Å². The molecule has 1 N–H and O–H groups in total. The number of hydrogen-bond acceptors (Lipinski definition) is 7. The van der Waals surface area contributed by atoms with Crippen LogP contribution in [0.1, 0.15) is 22.8 Å². The minimum Gasteiger partial charge on any atom is -0.493 e. The van der Waals surface area contributed by atoms with E-state index in [0.29, 0.717) is 33.7 Å². The molecule has 5 rings (SSSR count). The second-order valence-electron chi connectivity index (χ2n) is 6.85. The molecule has 9 heteroatoms. The lowest BCUT2D eigenvalue weighted by Gasteiger charge is -2.25. The Kier molecular flexibility index (Phi) is 4.67. The summed E-state index contributed by atoms with van der Waals surface area (Å²) in [5.74, 6) is 1.71. The zero-order chi connectivity index (χ0) is 20.8. The number of rotatable bonds is 4. The standard InChI is InChI=1S/C21H17ClN2O5S/c1-26-14-7-12(18(27-2)20-19(14)28-9-29-20)13-8-15(25)23-17-16(24-30-21(13)17)10-3-5-11(22)6-4-10/h3-7,13H,8-9H2,1-2H3,(H,23,25)/t13-/m1/s1. The molecule has 0 radical (unpaired) electrons. The predicted molar refractivity (Wildman–Crippen MR) is 113 cm³/mol. The Hall–Kier alpha value is -2.97. The smallest absolute Gasteiger partial charge is 0.231 e. The molecule has 0 aliphatic carbocycles. The van der Waals surface area contributed by atoms with E-state index in [0.717, 1.165) is 21.7 Å². The van der Waals surface area contributed by atoms with Gasteiger partial charge in [-0.05, 0) is 29.7 Å². The molecule has 0 saturated carbocycles. The molecular weight excluding hydrogens is 428 g/mol. The number of anilines is 1. The highest BCUT2D eigenvalue weighted by molar-refractivity contribution is 7.07. The minimum atomic E-state index is -0.259. The Bertz CT molecular complexity index is 1150. The van der Waals surface area contributed by atoms with Crippen molar-refractivity contribution in [2.24, 2.45) is 0 Å². The molecule has 2 aromatic carbocycles. The first-order valence-electron chi connectivity index (χ1n) is 9.20.